The van der Waals surface area contributed by atoms with Crippen LogP contribution < -0.4 is 9.69 Å². The van der Waals surface area contributed by atoms with Gasteiger partial charge in [-0.15, -0.1) is 11.3 Å². The molecule has 0 bridgehead atoms. The van der Waals surface area contributed by atoms with E-state index in [-0.39, 0.29) is 5.41 Å². The van der Waals surface area contributed by atoms with Gasteiger partial charge in [0.1, 0.15) is 8.07 Å². The number of nitrogens with zero attached hydrogens (tertiary/aromatic N) is 1. The van der Waals surface area contributed by atoms with Gasteiger partial charge in [-0.05, 0) is 86.2 Å². The molecule has 1 nitrogen and oxygen atoms in total. The van der Waals surface area contributed by atoms with Crippen LogP contribution in [-0.2, 0) is 5.41 Å². The van der Waals surface area contributed by atoms with E-state index in [1.807, 2.05) is 17.5 Å². The lowest BCUT2D eigenvalue weighted by atomic mass is 9.82. The molecule has 0 saturated heterocycles. The molecule has 0 aliphatic rings. The van der Waals surface area contributed by atoms with Gasteiger partial charge in [0.25, 0.3) is 0 Å². The number of thiophene rings is 1. The molecule has 5 aromatic rings. The van der Waals surface area contributed by atoms with Crippen molar-refractivity contribution in [3.8, 4) is 11.3 Å². The predicted octanol–water partition coefficient (Wildman–Crippen LogP) is 9.60. The van der Waals surface area contributed by atoms with Crippen molar-refractivity contribution < 1.29 is 0 Å². The lowest BCUT2D eigenvalue weighted by Crippen LogP contribution is -2.59. The van der Waals surface area contributed by atoms with Crippen molar-refractivity contribution >= 4 is 50.0 Å². The first-order valence-electron chi connectivity index (χ1n) is 14.5. The van der Waals surface area contributed by atoms with Crippen molar-refractivity contribution in [3.05, 3.63) is 90.1 Å². The quantitative estimate of drug-likeness (QED) is 0.184. The molecule has 0 fully saturated rings. The zero-order valence-electron chi connectivity index (χ0n) is 24.9. The van der Waals surface area contributed by atoms with Crippen molar-refractivity contribution in [2.24, 2.45) is 11.8 Å². The smallest absolute Gasteiger partial charge is 0.131 e. The van der Waals surface area contributed by atoms with E-state index in [0.717, 1.165) is 5.69 Å². The third kappa shape index (κ3) is 5.24. The minimum absolute atomic E-state index is 0.0456. The number of hydrogen-bond donors (Lipinski definition) is 0. The molecule has 202 valence electrons. The highest BCUT2D eigenvalue weighted by Gasteiger charge is 2.41. The van der Waals surface area contributed by atoms with Crippen LogP contribution in [0.2, 0.25) is 12.1 Å². The first kappa shape index (κ1) is 27.8. The summed E-state index contributed by atoms with van der Waals surface area (Å²) in [6.45, 7) is 19.0. The van der Waals surface area contributed by atoms with Gasteiger partial charge in [0.15, 0.2) is 0 Å². The predicted molar refractivity (Wildman–Crippen MR) is 177 cm³/mol. The summed E-state index contributed by atoms with van der Waals surface area (Å²) in [7, 11) is -2.02. The molecule has 0 saturated carbocycles. The van der Waals surface area contributed by atoms with Crippen LogP contribution in [0.4, 0.5) is 0 Å². The van der Waals surface area contributed by atoms with E-state index in [4.69, 9.17) is 4.98 Å². The maximum Gasteiger partial charge on any atom is 0.131 e. The maximum atomic E-state index is 5.06. The van der Waals surface area contributed by atoms with E-state index in [9.17, 15) is 0 Å². The summed E-state index contributed by atoms with van der Waals surface area (Å²) in [6.07, 6.45) is 2.03. The number of benzene rings is 3. The first-order valence-corrected chi connectivity index (χ1v) is 17.7. The average Bonchev–Trinajstić information content (AvgIpc) is 3.24. The Morgan fingerprint density at radius 3 is 2.08 bits per heavy atom. The van der Waals surface area contributed by atoms with E-state index in [1.54, 1.807) is 9.69 Å². The number of aryl methyl sites for hydroxylation is 1. The number of rotatable bonds is 7. The third-order valence-corrected chi connectivity index (χ3v) is 16.4. The van der Waals surface area contributed by atoms with Crippen LogP contribution in [0.1, 0.15) is 59.6 Å². The largest absolute Gasteiger partial charge is 0.255 e. The number of hydrogen-bond acceptors (Lipinski definition) is 2. The molecular weight excluding hydrogens is 507 g/mol. The molecule has 2 heterocycles. The number of fused-ring (bicyclic) bond motifs is 2. The molecule has 3 heteroatoms. The molecule has 0 N–H and O–H groups in total. The minimum atomic E-state index is -2.02. The Labute approximate surface area is 240 Å². The Hall–Kier alpha value is -2.75. The Morgan fingerprint density at radius 2 is 1.44 bits per heavy atom. The molecule has 0 amide bonds. The second-order valence-corrected chi connectivity index (χ2v) is 18.7. The Morgan fingerprint density at radius 1 is 0.795 bits per heavy atom. The molecule has 3 aromatic carbocycles. The van der Waals surface area contributed by atoms with Gasteiger partial charge in [0, 0.05) is 11.8 Å². The molecule has 5 rings (SSSR count). The molecule has 0 spiro atoms. The van der Waals surface area contributed by atoms with Gasteiger partial charge >= 0.3 is 0 Å². The van der Waals surface area contributed by atoms with Gasteiger partial charge in [-0.25, -0.2) is 0 Å². The van der Waals surface area contributed by atoms with Crippen molar-refractivity contribution in [1.82, 2.24) is 4.98 Å². The topological polar surface area (TPSA) is 12.9 Å². The molecule has 0 aliphatic heterocycles. The summed E-state index contributed by atoms with van der Waals surface area (Å²) >= 11 is 2.05. The van der Waals surface area contributed by atoms with Crippen LogP contribution in [0.15, 0.2) is 79.0 Å². The molecule has 39 heavy (non-hydrogen) atoms. The van der Waals surface area contributed by atoms with E-state index >= 15 is 0 Å². The van der Waals surface area contributed by atoms with Crippen LogP contribution in [0.5, 0.6) is 0 Å². The number of aromatic nitrogens is 1. The standard InChI is InChI=1S/C36H43NSSi/c1-24(2)22-39(23-25(3)4,29-15-10-9-11-16-29)35-26(5)30-18-19-37-33(34(30)38-35)28-20-27-14-12-13-17-31(27)32(21-28)36(6,7)8/h9-21,24-25H,22-23H2,1-8H3. The van der Waals surface area contributed by atoms with E-state index in [2.05, 4.69) is 128 Å². The fourth-order valence-electron chi connectivity index (χ4n) is 6.66. The monoisotopic (exact) mass is 549 g/mol. The van der Waals surface area contributed by atoms with Gasteiger partial charge in [-0.3, -0.25) is 4.98 Å². The lowest BCUT2D eigenvalue weighted by Gasteiger charge is -2.35. The second kappa shape index (κ2) is 10.7. The molecule has 0 aliphatic carbocycles. The average molecular weight is 550 g/mol. The van der Waals surface area contributed by atoms with Gasteiger partial charge in [0.2, 0.25) is 0 Å². The zero-order valence-corrected chi connectivity index (χ0v) is 26.7. The third-order valence-electron chi connectivity index (χ3n) is 8.07. The molecule has 0 radical (unpaired) electrons. The van der Waals surface area contributed by atoms with Crippen molar-refractivity contribution in [1.29, 1.82) is 0 Å². The van der Waals surface area contributed by atoms with Crippen LogP contribution in [-0.4, -0.2) is 13.1 Å². The van der Waals surface area contributed by atoms with Gasteiger partial charge in [-0.1, -0.05) is 108 Å². The van der Waals surface area contributed by atoms with E-state index in [1.165, 1.54) is 49.6 Å². The molecule has 0 unspecified atom stereocenters. The van der Waals surface area contributed by atoms with E-state index < -0.39 is 8.07 Å². The van der Waals surface area contributed by atoms with Gasteiger partial charge in [-0.2, -0.15) is 0 Å². The van der Waals surface area contributed by atoms with Crippen LogP contribution >= 0.6 is 11.3 Å². The Bertz CT molecular complexity index is 1590. The number of pyridine rings is 1. The van der Waals surface area contributed by atoms with Gasteiger partial charge < -0.3 is 0 Å². The van der Waals surface area contributed by atoms with Crippen molar-refractivity contribution in [3.63, 3.8) is 0 Å². The molecule has 2 aromatic heterocycles. The Kier molecular flexibility index (Phi) is 7.61. The van der Waals surface area contributed by atoms with Crippen molar-refractivity contribution in [2.75, 3.05) is 0 Å². The van der Waals surface area contributed by atoms with Crippen LogP contribution in [0, 0.1) is 18.8 Å². The van der Waals surface area contributed by atoms with Crippen LogP contribution in [0.25, 0.3) is 32.1 Å². The summed E-state index contributed by atoms with van der Waals surface area (Å²) < 4.78 is 3.00. The van der Waals surface area contributed by atoms with Crippen molar-refractivity contribution in [2.45, 2.75) is 72.9 Å². The van der Waals surface area contributed by atoms with Crippen LogP contribution in [0.3, 0.4) is 0 Å². The highest BCUT2D eigenvalue weighted by atomic mass is 32.1. The SMILES string of the molecule is Cc1c([Si](CC(C)C)(CC(C)C)c2ccccc2)sc2c(-c3cc(C(C)(C)C)c4ccccc4c3)nccc12. The fraction of sp³-hybridized carbons (Fsp3) is 0.361. The highest BCUT2D eigenvalue weighted by molar-refractivity contribution is 7.34. The van der Waals surface area contributed by atoms with E-state index in [0.29, 0.717) is 11.8 Å². The minimum Gasteiger partial charge on any atom is -0.255 e. The summed E-state index contributed by atoms with van der Waals surface area (Å²) in [5.74, 6) is 1.29. The normalized spacial score (nSPS) is 12.8. The summed E-state index contributed by atoms with van der Waals surface area (Å²) in [4.78, 5) is 5.06. The maximum absolute atomic E-state index is 5.06. The Balaban J connectivity index is 1.80. The summed E-state index contributed by atoms with van der Waals surface area (Å²) in [6, 6.07) is 29.9. The summed E-state index contributed by atoms with van der Waals surface area (Å²) in [5, 5.41) is 5.59. The lowest BCUT2D eigenvalue weighted by molar-refractivity contribution is 0.596. The molecule has 0 atom stereocenters. The highest BCUT2D eigenvalue weighted by Crippen LogP contribution is 2.40. The molecular formula is C36H43NSSi. The second-order valence-electron chi connectivity index (χ2n) is 13.2. The first-order chi connectivity index (χ1) is 18.5. The summed E-state index contributed by atoms with van der Waals surface area (Å²) in [5.41, 5.74) is 5.27. The van der Waals surface area contributed by atoms with Gasteiger partial charge in [0.05, 0.1) is 10.4 Å². The zero-order chi connectivity index (χ0) is 27.9. The fourth-order valence-corrected chi connectivity index (χ4v) is 15.4.